The van der Waals surface area contributed by atoms with Crippen LogP contribution in [-0.4, -0.2) is 31.1 Å². The molecule has 0 aliphatic heterocycles. The maximum absolute atomic E-state index is 5.42. The summed E-state index contributed by atoms with van der Waals surface area (Å²) in [6.45, 7) is 5.43. The third kappa shape index (κ3) is 2.47. The Morgan fingerprint density at radius 2 is 2.38 bits per heavy atom. The Balaban J connectivity index is 1.89. The first-order valence-electron chi connectivity index (χ1n) is 6.26. The van der Waals surface area contributed by atoms with E-state index in [-0.39, 0.29) is 0 Å². The summed E-state index contributed by atoms with van der Waals surface area (Å²) < 4.78 is 5.42. The van der Waals surface area contributed by atoms with E-state index in [1.807, 2.05) is 13.1 Å². The molecule has 3 nitrogen and oxygen atoms in total. The van der Waals surface area contributed by atoms with E-state index in [9.17, 15) is 0 Å². The first-order valence-corrected chi connectivity index (χ1v) is 6.26. The van der Waals surface area contributed by atoms with Crippen molar-refractivity contribution in [2.24, 2.45) is 5.92 Å². The lowest BCUT2D eigenvalue weighted by Crippen LogP contribution is -2.49. The van der Waals surface area contributed by atoms with E-state index in [0.29, 0.717) is 0 Å². The lowest BCUT2D eigenvalue weighted by Gasteiger charge is -2.44. The second-order valence-electron chi connectivity index (χ2n) is 4.60. The number of hydrogen-bond acceptors (Lipinski definition) is 3. The van der Waals surface area contributed by atoms with Gasteiger partial charge in [-0.15, -0.1) is 0 Å². The first-order chi connectivity index (χ1) is 7.85. The van der Waals surface area contributed by atoms with E-state index >= 15 is 0 Å². The molecule has 90 valence electrons. The van der Waals surface area contributed by atoms with Crippen LogP contribution in [0.1, 0.15) is 25.5 Å². The van der Waals surface area contributed by atoms with Gasteiger partial charge in [-0.05, 0) is 51.0 Å². The average molecular weight is 222 g/mol. The van der Waals surface area contributed by atoms with Gasteiger partial charge in [-0.3, -0.25) is 4.90 Å². The number of nitrogens with zero attached hydrogens (tertiary/aromatic N) is 1. The van der Waals surface area contributed by atoms with Gasteiger partial charge in [0.1, 0.15) is 5.76 Å². The highest BCUT2D eigenvalue weighted by Gasteiger charge is 2.34. The van der Waals surface area contributed by atoms with Gasteiger partial charge in [-0.1, -0.05) is 6.92 Å². The predicted octanol–water partition coefficient (Wildman–Crippen LogP) is 2.10. The summed E-state index contributed by atoms with van der Waals surface area (Å²) in [6.07, 6.45) is 4.45. The minimum Gasteiger partial charge on any atom is -0.468 e. The monoisotopic (exact) mass is 222 g/mol. The largest absolute Gasteiger partial charge is 0.468 e. The lowest BCUT2D eigenvalue weighted by atomic mass is 9.78. The van der Waals surface area contributed by atoms with Crippen LogP contribution >= 0.6 is 0 Å². The number of hydrogen-bond donors (Lipinski definition) is 1. The van der Waals surface area contributed by atoms with Gasteiger partial charge in [0.05, 0.1) is 12.8 Å². The number of furan rings is 1. The highest BCUT2D eigenvalue weighted by molar-refractivity contribution is 5.00. The molecule has 1 aliphatic carbocycles. The van der Waals surface area contributed by atoms with Crippen molar-refractivity contribution in [3.05, 3.63) is 24.2 Å². The zero-order valence-corrected chi connectivity index (χ0v) is 10.3. The zero-order chi connectivity index (χ0) is 11.4. The SMILES string of the molecule is CCN(Cc1ccco1)C1CCC1CNC. The van der Waals surface area contributed by atoms with Gasteiger partial charge in [-0.25, -0.2) is 0 Å². The molecular formula is C13H22N2O. The van der Waals surface area contributed by atoms with Gasteiger partial charge >= 0.3 is 0 Å². The third-order valence-corrected chi connectivity index (χ3v) is 3.66. The lowest BCUT2D eigenvalue weighted by molar-refractivity contribution is 0.0557. The molecule has 0 aromatic carbocycles. The molecule has 2 rings (SSSR count). The molecule has 1 aromatic heterocycles. The fourth-order valence-corrected chi connectivity index (χ4v) is 2.60. The summed E-state index contributed by atoms with van der Waals surface area (Å²) in [7, 11) is 2.04. The third-order valence-electron chi connectivity index (χ3n) is 3.66. The topological polar surface area (TPSA) is 28.4 Å². The van der Waals surface area contributed by atoms with Gasteiger partial charge in [0.25, 0.3) is 0 Å². The second kappa shape index (κ2) is 5.51. The van der Waals surface area contributed by atoms with Crippen LogP contribution in [-0.2, 0) is 6.54 Å². The normalized spacial score (nSPS) is 24.7. The van der Waals surface area contributed by atoms with E-state index in [0.717, 1.165) is 37.4 Å². The number of nitrogens with one attached hydrogen (secondary N) is 1. The highest BCUT2D eigenvalue weighted by Crippen LogP contribution is 2.32. The number of rotatable bonds is 6. The molecule has 0 bridgehead atoms. The minimum absolute atomic E-state index is 0.738. The van der Waals surface area contributed by atoms with Crippen LogP contribution in [0.3, 0.4) is 0 Å². The van der Waals surface area contributed by atoms with Crippen molar-refractivity contribution in [1.82, 2.24) is 10.2 Å². The van der Waals surface area contributed by atoms with Gasteiger partial charge < -0.3 is 9.73 Å². The molecule has 1 saturated carbocycles. The Morgan fingerprint density at radius 1 is 1.50 bits per heavy atom. The molecule has 16 heavy (non-hydrogen) atoms. The smallest absolute Gasteiger partial charge is 0.117 e. The van der Waals surface area contributed by atoms with Crippen molar-refractivity contribution < 1.29 is 4.42 Å². The quantitative estimate of drug-likeness (QED) is 0.799. The molecule has 0 spiro atoms. The predicted molar refractivity (Wildman–Crippen MR) is 65.2 cm³/mol. The summed E-state index contributed by atoms with van der Waals surface area (Å²) in [5.41, 5.74) is 0. The molecule has 1 aromatic rings. The molecule has 2 unspecified atom stereocenters. The summed E-state index contributed by atoms with van der Waals surface area (Å²) in [6, 6.07) is 4.77. The summed E-state index contributed by atoms with van der Waals surface area (Å²) in [4.78, 5) is 2.53. The van der Waals surface area contributed by atoms with Crippen LogP contribution < -0.4 is 5.32 Å². The molecule has 0 amide bonds. The molecule has 0 radical (unpaired) electrons. The Morgan fingerprint density at radius 3 is 2.88 bits per heavy atom. The fourth-order valence-electron chi connectivity index (χ4n) is 2.60. The highest BCUT2D eigenvalue weighted by atomic mass is 16.3. The van der Waals surface area contributed by atoms with Crippen LogP contribution in [0.5, 0.6) is 0 Å². The summed E-state index contributed by atoms with van der Waals surface area (Å²) >= 11 is 0. The molecule has 1 N–H and O–H groups in total. The molecular weight excluding hydrogens is 200 g/mol. The Kier molecular flexibility index (Phi) is 4.02. The molecule has 1 fully saturated rings. The van der Waals surface area contributed by atoms with Gasteiger partial charge in [0.2, 0.25) is 0 Å². The summed E-state index contributed by atoms with van der Waals surface area (Å²) in [5, 5.41) is 3.29. The average Bonchev–Trinajstić information content (AvgIpc) is 2.76. The molecule has 2 atom stereocenters. The van der Waals surface area contributed by atoms with Crippen molar-refractivity contribution >= 4 is 0 Å². The van der Waals surface area contributed by atoms with Crippen LogP contribution in [0.25, 0.3) is 0 Å². The Hall–Kier alpha value is -0.800. The van der Waals surface area contributed by atoms with Crippen molar-refractivity contribution in [2.45, 2.75) is 32.4 Å². The standard InChI is InChI=1S/C13H22N2O/c1-3-15(10-12-5-4-8-16-12)13-7-6-11(13)9-14-2/h4-5,8,11,13-14H,3,6-7,9-10H2,1-2H3. The van der Waals surface area contributed by atoms with Crippen LogP contribution in [0.15, 0.2) is 22.8 Å². The Bertz CT molecular complexity index is 297. The van der Waals surface area contributed by atoms with Crippen LogP contribution in [0, 0.1) is 5.92 Å². The van der Waals surface area contributed by atoms with Crippen molar-refractivity contribution in [2.75, 3.05) is 20.1 Å². The van der Waals surface area contributed by atoms with Gasteiger partial charge in [-0.2, -0.15) is 0 Å². The summed E-state index contributed by atoms with van der Waals surface area (Å²) in [5.74, 6) is 1.90. The van der Waals surface area contributed by atoms with E-state index < -0.39 is 0 Å². The Labute approximate surface area is 97.8 Å². The van der Waals surface area contributed by atoms with Crippen LogP contribution in [0.2, 0.25) is 0 Å². The first kappa shape index (κ1) is 11.7. The van der Waals surface area contributed by atoms with Gasteiger partial charge in [0.15, 0.2) is 0 Å². The van der Waals surface area contributed by atoms with Crippen molar-refractivity contribution in [3.63, 3.8) is 0 Å². The maximum Gasteiger partial charge on any atom is 0.117 e. The zero-order valence-electron chi connectivity index (χ0n) is 10.3. The van der Waals surface area contributed by atoms with Gasteiger partial charge in [0, 0.05) is 6.04 Å². The second-order valence-corrected chi connectivity index (χ2v) is 4.60. The van der Waals surface area contributed by atoms with E-state index in [2.05, 4.69) is 23.2 Å². The van der Waals surface area contributed by atoms with E-state index in [1.165, 1.54) is 12.8 Å². The molecule has 1 aliphatic rings. The fraction of sp³-hybridized carbons (Fsp3) is 0.692. The molecule has 3 heteroatoms. The van der Waals surface area contributed by atoms with Crippen molar-refractivity contribution in [1.29, 1.82) is 0 Å². The van der Waals surface area contributed by atoms with E-state index in [4.69, 9.17) is 4.42 Å². The van der Waals surface area contributed by atoms with E-state index in [1.54, 1.807) is 6.26 Å². The molecule has 1 heterocycles. The molecule has 0 saturated heterocycles. The van der Waals surface area contributed by atoms with Crippen molar-refractivity contribution in [3.8, 4) is 0 Å². The van der Waals surface area contributed by atoms with Crippen LogP contribution in [0.4, 0.5) is 0 Å². The minimum atomic E-state index is 0.738. The maximum atomic E-state index is 5.42.